The molecule has 1 unspecified atom stereocenters. The molecule has 0 aromatic heterocycles. The molecule has 0 saturated carbocycles. The van der Waals surface area contributed by atoms with Crippen molar-refractivity contribution in [2.24, 2.45) is 5.73 Å². The van der Waals surface area contributed by atoms with Gasteiger partial charge in [0.15, 0.2) is 0 Å². The Labute approximate surface area is 70.8 Å². The van der Waals surface area contributed by atoms with E-state index in [0.29, 0.717) is 0 Å². The van der Waals surface area contributed by atoms with Crippen molar-refractivity contribution in [3.63, 3.8) is 0 Å². The molecule has 0 amide bonds. The molecule has 0 fully saturated rings. The fraction of sp³-hybridized carbons (Fsp3) is 0.333. The molecule has 1 rings (SSSR count). The lowest BCUT2D eigenvalue weighted by molar-refractivity contribution is 0.164. The maximum absolute atomic E-state index is 12.4. The summed E-state index contributed by atoms with van der Waals surface area (Å²) in [5.74, 6) is -0.295. The largest absolute Gasteiger partial charge is 0.391 e. The van der Waals surface area contributed by atoms with Gasteiger partial charge in [-0.2, -0.15) is 0 Å². The lowest BCUT2D eigenvalue weighted by atomic mass is 10.0. The Morgan fingerprint density at radius 1 is 1.33 bits per heavy atom. The van der Waals surface area contributed by atoms with E-state index in [4.69, 9.17) is 10.8 Å². The molecule has 0 radical (unpaired) electrons. The van der Waals surface area contributed by atoms with Gasteiger partial charge in [0.2, 0.25) is 0 Å². The number of hydrogen-bond acceptors (Lipinski definition) is 2. The summed E-state index contributed by atoms with van der Waals surface area (Å²) in [5.41, 5.74) is 6.36. The molecule has 0 heterocycles. The minimum atomic E-state index is -0.615. The van der Waals surface area contributed by atoms with Crippen molar-refractivity contribution in [1.29, 1.82) is 0 Å². The van der Waals surface area contributed by atoms with Gasteiger partial charge in [-0.25, -0.2) is 4.39 Å². The molecular weight excluding hydrogens is 157 g/mol. The first kappa shape index (κ1) is 9.16. The van der Waals surface area contributed by atoms with Gasteiger partial charge in [0, 0.05) is 0 Å². The summed E-state index contributed by atoms with van der Waals surface area (Å²) in [4.78, 5) is 0. The second-order valence-corrected chi connectivity index (χ2v) is 2.82. The van der Waals surface area contributed by atoms with Crippen LogP contribution in [0.2, 0.25) is 0 Å². The third kappa shape index (κ3) is 2.03. The van der Waals surface area contributed by atoms with Crippen LogP contribution in [-0.2, 0) is 0 Å². The van der Waals surface area contributed by atoms with Crippen molar-refractivity contribution in [2.45, 2.75) is 19.1 Å². The van der Waals surface area contributed by atoms with Crippen LogP contribution in [0.5, 0.6) is 0 Å². The van der Waals surface area contributed by atoms with Gasteiger partial charge in [-0.1, -0.05) is 12.1 Å². The van der Waals surface area contributed by atoms with Crippen molar-refractivity contribution in [3.05, 3.63) is 35.6 Å². The topological polar surface area (TPSA) is 46.2 Å². The zero-order chi connectivity index (χ0) is 9.14. The number of halogens is 1. The predicted molar refractivity (Wildman–Crippen MR) is 45.0 cm³/mol. The summed E-state index contributed by atoms with van der Waals surface area (Å²) >= 11 is 0. The lowest BCUT2D eigenvalue weighted by Gasteiger charge is -2.14. The Kier molecular flexibility index (Phi) is 2.78. The van der Waals surface area contributed by atoms with Gasteiger partial charge in [0.25, 0.3) is 0 Å². The zero-order valence-electron chi connectivity index (χ0n) is 6.87. The first-order valence-corrected chi connectivity index (χ1v) is 3.80. The first-order chi connectivity index (χ1) is 5.61. The van der Waals surface area contributed by atoms with Gasteiger partial charge in [-0.3, -0.25) is 0 Å². The molecule has 0 bridgehead atoms. The molecule has 0 aliphatic carbocycles. The molecule has 1 aromatic rings. The second-order valence-electron chi connectivity index (χ2n) is 2.82. The van der Waals surface area contributed by atoms with E-state index in [-0.39, 0.29) is 5.82 Å². The van der Waals surface area contributed by atoms with Crippen molar-refractivity contribution >= 4 is 0 Å². The summed E-state index contributed by atoms with van der Waals surface area (Å²) in [7, 11) is 0. The van der Waals surface area contributed by atoms with Crippen molar-refractivity contribution in [1.82, 2.24) is 0 Å². The zero-order valence-corrected chi connectivity index (χ0v) is 6.87. The summed E-state index contributed by atoms with van der Waals surface area (Å²) in [6.45, 7) is 1.61. The second kappa shape index (κ2) is 3.65. The summed E-state index contributed by atoms with van der Waals surface area (Å²) in [6.07, 6.45) is -0.615. The average Bonchev–Trinajstić information content (AvgIpc) is 2.04. The fourth-order valence-corrected chi connectivity index (χ4v) is 0.964. The molecule has 1 aromatic carbocycles. The molecular formula is C9H12FNO. The number of nitrogens with two attached hydrogens (primary N) is 1. The molecule has 2 atom stereocenters. The number of aliphatic hydroxyl groups excluding tert-OH is 1. The van der Waals surface area contributed by atoms with E-state index < -0.39 is 12.1 Å². The highest BCUT2D eigenvalue weighted by atomic mass is 19.1. The van der Waals surface area contributed by atoms with Crippen LogP contribution < -0.4 is 5.73 Å². The van der Waals surface area contributed by atoms with E-state index >= 15 is 0 Å². The van der Waals surface area contributed by atoms with Gasteiger partial charge in [0.1, 0.15) is 5.82 Å². The SMILES string of the molecule is CC(O)[C@@H](N)c1ccc(F)cc1. The van der Waals surface area contributed by atoms with Crippen LogP contribution in [0.1, 0.15) is 18.5 Å². The minimum Gasteiger partial charge on any atom is -0.391 e. The van der Waals surface area contributed by atoms with E-state index in [0.717, 1.165) is 5.56 Å². The molecule has 0 saturated heterocycles. The quantitative estimate of drug-likeness (QED) is 0.699. The minimum absolute atomic E-state index is 0.295. The molecule has 2 nitrogen and oxygen atoms in total. The first-order valence-electron chi connectivity index (χ1n) is 3.80. The normalized spacial score (nSPS) is 15.7. The Balaban J connectivity index is 2.82. The number of aliphatic hydroxyl groups is 1. The maximum Gasteiger partial charge on any atom is 0.123 e. The number of benzene rings is 1. The monoisotopic (exact) mass is 169 g/mol. The molecule has 3 heteroatoms. The predicted octanol–water partition coefficient (Wildman–Crippen LogP) is 1.21. The van der Waals surface area contributed by atoms with Crippen LogP contribution in [0.3, 0.4) is 0 Å². The summed E-state index contributed by atoms with van der Waals surface area (Å²) < 4.78 is 12.4. The molecule has 0 spiro atoms. The molecule has 0 aliphatic heterocycles. The Hall–Kier alpha value is -0.930. The molecule has 0 aliphatic rings. The maximum atomic E-state index is 12.4. The third-order valence-corrected chi connectivity index (χ3v) is 1.77. The van der Waals surface area contributed by atoms with Crippen molar-refractivity contribution < 1.29 is 9.50 Å². The van der Waals surface area contributed by atoms with E-state index in [9.17, 15) is 4.39 Å². The molecule has 3 N–H and O–H groups in total. The Morgan fingerprint density at radius 2 is 1.83 bits per heavy atom. The highest BCUT2D eigenvalue weighted by Crippen LogP contribution is 2.13. The summed E-state index contributed by atoms with van der Waals surface area (Å²) in [6, 6.07) is 5.37. The highest BCUT2D eigenvalue weighted by molar-refractivity contribution is 5.20. The molecule has 12 heavy (non-hydrogen) atoms. The smallest absolute Gasteiger partial charge is 0.123 e. The number of hydrogen-bond donors (Lipinski definition) is 2. The van der Waals surface area contributed by atoms with Crippen LogP contribution in [0.15, 0.2) is 24.3 Å². The van der Waals surface area contributed by atoms with Gasteiger partial charge in [-0.05, 0) is 24.6 Å². The number of rotatable bonds is 2. The fourth-order valence-electron chi connectivity index (χ4n) is 0.964. The average molecular weight is 169 g/mol. The van der Waals surface area contributed by atoms with Crippen molar-refractivity contribution in [3.8, 4) is 0 Å². The van der Waals surface area contributed by atoms with Gasteiger partial charge >= 0.3 is 0 Å². The van der Waals surface area contributed by atoms with E-state index in [1.807, 2.05) is 0 Å². The summed E-state index contributed by atoms with van der Waals surface area (Å²) in [5, 5.41) is 9.12. The van der Waals surface area contributed by atoms with E-state index in [1.165, 1.54) is 12.1 Å². The van der Waals surface area contributed by atoms with E-state index in [1.54, 1.807) is 19.1 Å². The Bertz CT molecular complexity index is 245. The van der Waals surface area contributed by atoms with Crippen LogP contribution in [0.4, 0.5) is 4.39 Å². The van der Waals surface area contributed by atoms with Crippen LogP contribution in [0, 0.1) is 5.82 Å². The standard InChI is InChI=1S/C9H12FNO/c1-6(12)9(11)7-2-4-8(10)5-3-7/h2-6,9,12H,11H2,1H3/t6?,9-/m1/s1. The van der Waals surface area contributed by atoms with Gasteiger partial charge < -0.3 is 10.8 Å². The lowest BCUT2D eigenvalue weighted by Crippen LogP contribution is -2.22. The van der Waals surface area contributed by atoms with Gasteiger partial charge in [-0.15, -0.1) is 0 Å². The third-order valence-electron chi connectivity index (χ3n) is 1.77. The van der Waals surface area contributed by atoms with Crippen LogP contribution in [-0.4, -0.2) is 11.2 Å². The van der Waals surface area contributed by atoms with Crippen LogP contribution >= 0.6 is 0 Å². The Morgan fingerprint density at radius 3 is 2.25 bits per heavy atom. The van der Waals surface area contributed by atoms with E-state index in [2.05, 4.69) is 0 Å². The van der Waals surface area contributed by atoms with Crippen LogP contribution in [0.25, 0.3) is 0 Å². The van der Waals surface area contributed by atoms with Gasteiger partial charge in [0.05, 0.1) is 12.1 Å². The molecule has 66 valence electrons. The van der Waals surface area contributed by atoms with Crippen molar-refractivity contribution in [2.75, 3.05) is 0 Å². The highest BCUT2D eigenvalue weighted by Gasteiger charge is 2.10.